The van der Waals surface area contributed by atoms with Gasteiger partial charge in [0.05, 0.1) is 5.56 Å². The van der Waals surface area contributed by atoms with Gasteiger partial charge >= 0.3 is 5.97 Å². The molecule has 0 unspecified atom stereocenters. The fourth-order valence-corrected chi connectivity index (χ4v) is 2.36. The number of hydrogen-bond donors (Lipinski definition) is 1. The van der Waals surface area contributed by atoms with Crippen LogP contribution < -0.4 is 0 Å². The van der Waals surface area contributed by atoms with Crippen molar-refractivity contribution in [2.45, 2.75) is 13.3 Å². The summed E-state index contributed by atoms with van der Waals surface area (Å²) in [7, 11) is 0. The number of rotatable bonds is 3. The molecule has 0 aliphatic heterocycles. The van der Waals surface area contributed by atoms with Gasteiger partial charge in [0.25, 0.3) is 0 Å². The molecule has 106 valence electrons. The van der Waals surface area contributed by atoms with Gasteiger partial charge in [-0.25, -0.2) is 4.79 Å². The minimum atomic E-state index is -0.927. The van der Waals surface area contributed by atoms with Gasteiger partial charge in [-0.2, -0.15) is 0 Å². The Morgan fingerprint density at radius 3 is 2.57 bits per heavy atom. The van der Waals surface area contributed by atoms with E-state index in [4.69, 9.17) is 5.11 Å². The van der Waals surface area contributed by atoms with E-state index in [1.807, 2.05) is 18.2 Å². The number of fused-ring (bicyclic) bond motifs is 1. The van der Waals surface area contributed by atoms with Crippen LogP contribution in [0.3, 0.4) is 0 Å². The first-order valence-electron chi connectivity index (χ1n) is 6.45. The predicted octanol–water partition coefficient (Wildman–Crippen LogP) is 3.56. The molecule has 3 nitrogen and oxygen atoms in total. The molecule has 2 rings (SSSR count). The number of carboxylic acid groups (broad SMARTS) is 1. The molecule has 0 fully saturated rings. The Bertz CT molecular complexity index is 753. The van der Waals surface area contributed by atoms with Gasteiger partial charge in [0, 0.05) is 24.7 Å². The third-order valence-electron chi connectivity index (χ3n) is 2.85. The largest absolute Gasteiger partial charge is 0.478 e. The molecule has 0 radical (unpaired) electrons. The summed E-state index contributed by atoms with van der Waals surface area (Å²) in [4.78, 5) is 21.7. The molecule has 0 aliphatic carbocycles. The number of aromatic carboxylic acids is 1. The van der Waals surface area contributed by atoms with Gasteiger partial charge in [0.1, 0.15) is 0 Å². The van der Waals surface area contributed by atoms with Crippen LogP contribution in [0.2, 0.25) is 0 Å². The average Bonchev–Trinajstić information content (AvgIpc) is 2.45. The van der Waals surface area contributed by atoms with E-state index in [9.17, 15) is 9.59 Å². The summed E-state index contributed by atoms with van der Waals surface area (Å²) in [6.45, 7) is 1.55. The molecule has 0 spiro atoms. The normalized spacial score (nSPS) is 9.95. The van der Waals surface area contributed by atoms with Crippen molar-refractivity contribution in [1.29, 1.82) is 0 Å². The van der Waals surface area contributed by atoms with Gasteiger partial charge in [-0.05, 0) is 35.0 Å². The molecule has 0 atom stereocenters. The molecule has 4 heteroatoms. The van der Waals surface area contributed by atoms with Crippen molar-refractivity contribution in [3.63, 3.8) is 0 Å². The number of thioether (sulfide) groups is 1. The van der Waals surface area contributed by atoms with Crippen molar-refractivity contribution in [2.75, 3.05) is 5.75 Å². The smallest absolute Gasteiger partial charge is 0.335 e. The Morgan fingerprint density at radius 2 is 1.86 bits per heavy atom. The fourth-order valence-electron chi connectivity index (χ4n) is 1.87. The highest BCUT2D eigenvalue weighted by Gasteiger charge is 2.03. The minimum absolute atomic E-state index is 0.108. The van der Waals surface area contributed by atoms with Crippen molar-refractivity contribution >= 4 is 33.6 Å². The summed E-state index contributed by atoms with van der Waals surface area (Å²) in [5.74, 6) is 5.87. The molecule has 2 aromatic carbocycles. The second-order valence-corrected chi connectivity index (χ2v) is 5.75. The molecular formula is C17H14O3S. The Labute approximate surface area is 127 Å². The summed E-state index contributed by atoms with van der Waals surface area (Å²) in [5.41, 5.74) is 1.17. The van der Waals surface area contributed by atoms with Crippen molar-refractivity contribution < 1.29 is 14.7 Å². The summed E-state index contributed by atoms with van der Waals surface area (Å²) >= 11 is 1.28. The zero-order chi connectivity index (χ0) is 15.2. The third kappa shape index (κ3) is 4.37. The lowest BCUT2D eigenvalue weighted by atomic mass is 10.0. The molecule has 0 aliphatic rings. The van der Waals surface area contributed by atoms with E-state index in [-0.39, 0.29) is 10.7 Å². The van der Waals surface area contributed by atoms with Crippen LogP contribution in [0.4, 0.5) is 0 Å². The highest BCUT2D eigenvalue weighted by Crippen LogP contribution is 2.17. The predicted molar refractivity (Wildman–Crippen MR) is 85.5 cm³/mol. The van der Waals surface area contributed by atoms with E-state index < -0.39 is 5.97 Å². The fraction of sp³-hybridized carbons (Fsp3) is 0.176. The number of benzene rings is 2. The maximum absolute atomic E-state index is 10.9. The first-order chi connectivity index (χ1) is 10.1. The lowest BCUT2D eigenvalue weighted by Crippen LogP contribution is -1.95. The molecule has 0 bridgehead atoms. The summed E-state index contributed by atoms with van der Waals surface area (Å²) in [6.07, 6.45) is 0.667. The number of carboxylic acids is 1. The van der Waals surface area contributed by atoms with Crippen LogP contribution >= 0.6 is 11.8 Å². The molecule has 0 heterocycles. The van der Waals surface area contributed by atoms with Crippen molar-refractivity contribution in [3.05, 3.63) is 47.5 Å². The highest BCUT2D eigenvalue weighted by molar-refractivity contribution is 8.13. The van der Waals surface area contributed by atoms with Crippen molar-refractivity contribution in [2.24, 2.45) is 0 Å². The summed E-state index contributed by atoms with van der Waals surface area (Å²) < 4.78 is 0. The topological polar surface area (TPSA) is 54.4 Å². The van der Waals surface area contributed by atoms with Crippen LogP contribution in [0.25, 0.3) is 10.8 Å². The second kappa shape index (κ2) is 6.96. The van der Waals surface area contributed by atoms with Crippen LogP contribution in [-0.4, -0.2) is 21.9 Å². The Hall–Kier alpha value is -2.25. The molecule has 0 aromatic heterocycles. The van der Waals surface area contributed by atoms with Crippen LogP contribution in [0, 0.1) is 11.8 Å². The first-order valence-corrected chi connectivity index (χ1v) is 7.44. The summed E-state index contributed by atoms with van der Waals surface area (Å²) in [5, 5.41) is 10.9. The van der Waals surface area contributed by atoms with E-state index in [1.165, 1.54) is 11.8 Å². The zero-order valence-electron chi connectivity index (χ0n) is 11.6. The Morgan fingerprint density at radius 1 is 1.14 bits per heavy atom. The van der Waals surface area contributed by atoms with E-state index in [0.29, 0.717) is 12.2 Å². The standard InChI is InChI=1S/C17H14O3S/c1-12(18)21-9-3-2-4-13-5-6-15-11-16(17(19)20)8-7-14(15)10-13/h5-8,10-11H,3,9H2,1H3,(H,19,20). The second-order valence-electron chi connectivity index (χ2n) is 4.47. The Kier molecular flexibility index (Phi) is 5.02. The minimum Gasteiger partial charge on any atom is -0.478 e. The number of carbonyl (C=O) groups is 2. The van der Waals surface area contributed by atoms with Gasteiger partial charge in [0.15, 0.2) is 5.12 Å². The van der Waals surface area contributed by atoms with Gasteiger partial charge in [-0.15, -0.1) is 0 Å². The van der Waals surface area contributed by atoms with Crippen molar-refractivity contribution in [3.8, 4) is 11.8 Å². The molecule has 2 aromatic rings. The molecule has 0 amide bonds. The van der Waals surface area contributed by atoms with Gasteiger partial charge in [0.2, 0.25) is 0 Å². The van der Waals surface area contributed by atoms with E-state index >= 15 is 0 Å². The molecular weight excluding hydrogens is 284 g/mol. The van der Waals surface area contributed by atoms with Crippen LogP contribution in [0.5, 0.6) is 0 Å². The lowest BCUT2D eigenvalue weighted by Gasteiger charge is -2.00. The highest BCUT2D eigenvalue weighted by atomic mass is 32.2. The monoisotopic (exact) mass is 298 g/mol. The molecule has 21 heavy (non-hydrogen) atoms. The van der Waals surface area contributed by atoms with Crippen molar-refractivity contribution in [1.82, 2.24) is 0 Å². The van der Waals surface area contributed by atoms with Crippen LogP contribution in [0.15, 0.2) is 36.4 Å². The third-order valence-corrected chi connectivity index (χ3v) is 3.67. The number of hydrogen-bond acceptors (Lipinski definition) is 3. The quantitative estimate of drug-likeness (QED) is 0.695. The molecule has 0 saturated heterocycles. The molecule has 1 N–H and O–H groups in total. The van der Waals surface area contributed by atoms with E-state index in [0.717, 1.165) is 16.3 Å². The SMILES string of the molecule is CC(=O)SCCC#Cc1ccc2cc(C(=O)O)ccc2c1. The summed E-state index contributed by atoms with van der Waals surface area (Å²) in [6, 6.07) is 10.7. The first kappa shape index (κ1) is 15.1. The zero-order valence-corrected chi connectivity index (χ0v) is 12.4. The lowest BCUT2D eigenvalue weighted by molar-refractivity contribution is -0.109. The van der Waals surface area contributed by atoms with Crippen LogP contribution in [-0.2, 0) is 4.79 Å². The average molecular weight is 298 g/mol. The van der Waals surface area contributed by atoms with Gasteiger partial charge < -0.3 is 5.11 Å². The Balaban J connectivity index is 2.12. The van der Waals surface area contributed by atoms with Crippen LogP contribution in [0.1, 0.15) is 29.3 Å². The maximum Gasteiger partial charge on any atom is 0.335 e. The molecule has 0 saturated carbocycles. The maximum atomic E-state index is 10.9. The number of carbonyl (C=O) groups excluding carboxylic acids is 1. The van der Waals surface area contributed by atoms with E-state index in [1.54, 1.807) is 25.1 Å². The van der Waals surface area contributed by atoms with Gasteiger partial charge in [-0.3, -0.25) is 4.79 Å². The van der Waals surface area contributed by atoms with E-state index in [2.05, 4.69) is 11.8 Å². The van der Waals surface area contributed by atoms with Gasteiger partial charge in [-0.1, -0.05) is 35.7 Å².